The number of aliphatic imine (C=N–C) groups is 1. The van der Waals surface area contributed by atoms with Crippen molar-refractivity contribution in [1.82, 2.24) is 9.36 Å². The van der Waals surface area contributed by atoms with Crippen LogP contribution in [0.1, 0.15) is 24.6 Å². The molecular formula is C22H23N3O4. The van der Waals surface area contributed by atoms with E-state index >= 15 is 0 Å². The van der Waals surface area contributed by atoms with E-state index in [-0.39, 0.29) is 17.9 Å². The Hall–Kier alpha value is -3.61. The van der Waals surface area contributed by atoms with Gasteiger partial charge < -0.3 is 9.47 Å². The van der Waals surface area contributed by atoms with Crippen LogP contribution in [0.3, 0.4) is 0 Å². The van der Waals surface area contributed by atoms with Crippen molar-refractivity contribution >= 4 is 17.9 Å². The lowest BCUT2D eigenvalue weighted by Crippen LogP contribution is -2.19. The van der Waals surface area contributed by atoms with E-state index in [0.717, 1.165) is 11.4 Å². The predicted molar refractivity (Wildman–Crippen MR) is 112 cm³/mol. The van der Waals surface area contributed by atoms with Gasteiger partial charge in [-0.3, -0.25) is 14.3 Å². The van der Waals surface area contributed by atoms with E-state index in [2.05, 4.69) is 4.99 Å². The molecule has 0 spiro atoms. The molecule has 1 aromatic heterocycles. The van der Waals surface area contributed by atoms with Crippen LogP contribution in [0.2, 0.25) is 0 Å². The molecule has 150 valence electrons. The molecule has 0 aliphatic rings. The maximum Gasteiger partial charge on any atom is 0.311 e. The van der Waals surface area contributed by atoms with E-state index in [9.17, 15) is 9.59 Å². The Kier molecular flexibility index (Phi) is 5.97. The molecule has 0 N–H and O–H groups in total. The zero-order valence-corrected chi connectivity index (χ0v) is 16.9. The molecule has 0 bridgehead atoms. The minimum Gasteiger partial charge on any atom is -0.493 e. The number of carbonyl (C=O) groups excluding carboxylic acids is 1. The Balaban J connectivity index is 1.95. The van der Waals surface area contributed by atoms with E-state index in [0.29, 0.717) is 22.7 Å². The van der Waals surface area contributed by atoms with Gasteiger partial charge >= 0.3 is 5.97 Å². The van der Waals surface area contributed by atoms with Crippen LogP contribution in [-0.4, -0.2) is 28.7 Å². The first-order valence-corrected chi connectivity index (χ1v) is 9.23. The summed E-state index contributed by atoms with van der Waals surface area (Å²) in [4.78, 5) is 28.9. The number of aromatic nitrogens is 2. The van der Waals surface area contributed by atoms with Crippen molar-refractivity contribution in [2.24, 2.45) is 12.0 Å². The summed E-state index contributed by atoms with van der Waals surface area (Å²) in [5.41, 5.74) is 2.39. The highest BCUT2D eigenvalue weighted by Crippen LogP contribution is 2.28. The maximum absolute atomic E-state index is 12.9. The number of para-hydroxylation sites is 1. The molecule has 0 saturated heterocycles. The molecule has 0 aliphatic heterocycles. The zero-order valence-electron chi connectivity index (χ0n) is 16.9. The van der Waals surface area contributed by atoms with Crippen LogP contribution in [-0.2, 0) is 11.8 Å². The van der Waals surface area contributed by atoms with Crippen LogP contribution in [0.5, 0.6) is 11.5 Å². The first-order valence-electron chi connectivity index (χ1n) is 9.23. The number of carbonyl (C=O) groups is 1. The molecule has 1 heterocycles. The van der Waals surface area contributed by atoms with Gasteiger partial charge in [0, 0.05) is 19.7 Å². The second-order valence-corrected chi connectivity index (χ2v) is 6.41. The second-order valence-electron chi connectivity index (χ2n) is 6.41. The van der Waals surface area contributed by atoms with Gasteiger partial charge in [-0.05, 0) is 42.8 Å². The van der Waals surface area contributed by atoms with E-state index < -0.39 is 0 Å². The van der Waals surface area contributed by atoms with Gasteiger partial charge in [-0.2, -0.15) is 0 Å². The summed E-state index contributed by atoms with van der Waals surface area (Å²) in [5, 5.41) is 0. The largest absolute Gasteiger partial charge is 0.493 e. The van der Waals surface area contributed by atoms with Crippen LogP contribution < -0.4 is 15.0 Å². The molecule has 0 fully saturated rings. The fraction of sp³-hybridized carbons (Fsp3) is 0.227. The third kappa shape index (κ3) is 4.13. The lowest BCUT2D eigenvalue weighted by atomic mass is 10.2. The normalized spacial score (nSPS) is 11.0. The first kappa shape index (κ1) is 20.1. The predicted octanol–water partition coefficient (Wildman–Crippen LogP) is 3.56. The molecule has 0 saturated carbocycles. The van der Waals surface area contributed by atoms with Gasteiger partial charge in [-0.25, -0.2) is 9.67 Å². The van der Waals surface area contributed by atoms with Gasteiger partial charge in [0.15, 0.2) is 17.2 Å². The molecule has 3 aromatic rings. The summed E-state index contributed by atoms with van der Waals surface area (Å²) in [6.07, 6.45) is 1.86. The van der Waals surface area contributed by atoms with Gasteiger partial charge in [0.2, 0.25) is 0 Å². The molecule has 29 heavy (non-hydrogen) atoms. The smallest absolute Gasteiger partial charge is 0.311 e. The van der Waals surface area contributed by atoms with E-state index in [1.165, 1.54) is 7.11 Å². The lowest BCUT2D eigenvalue weighted by Gasteiger charge is -2.09. The van der Waals surface area contributed by atoms with Crippen molar-refractivity contribution in [1.29, 1.82) is 0 Å². The van der Waals surface area contributed by atoms with E-state index in [4.69, 9.17) is 9.47 Å². The number of nitrogens with zero attached hydrogens (tertiary/aromatic N) is 3. The molecule has 0 radical (unpaired) electrons. The highest BCUT2D eigenvalue weighted by atomic mass is 16.6. The Morgan fingerprint density at radius 1 is 1.14 bits per heavy atom. The van der Waals surface area contributed by atoms with Gasteiger partial charge in [0.1, 0.15) is 0 Å². The third-order valence-electron chi connectivity index (χ3n) is 4.57. The summed E-state index contributed by atoms with van der Waals surface area (Å²) in [6, 6.07) is 14.5. The van der Waals surface area contributed by atoms with Gasteiger partial charge in [0.25, 0.3) is 5.56 Å². The third-order valence-corrected chi connectivity index (χ3v) is 4.57. The molecular weight excluding hydrogens is 370 g/mol. The number of hydrogen-bond acceptors (Lipinski definition) is 5. The lowest BCUT2D eigenvalue weighted by molar-refractivity contribution is -0.134. The molecule has 7 nitrogen and oxygen atoms in total. The fourth-order valence-electron chi connectivity index (χ4n) is 2.89. The molecule has 0 amide bonds. The molecule has 0 atom stereocenters. The fourth-order valence-corrected chi connectivity index (χ4v) is 2.89. The highest BCUT2D eigenvalue weighted by Gasteiger charge is 2.15. The Morgan fingerprint density at radius 3 is 2.52 bits per heavy atom. The number of methoxy groups -OCH3 is 1. The van der Waals surface area contributed by atoms with E-state index in [1.54, 1.807) is 40.7 Å². The van der Waals surface area contributed by atoms with Crippen LogP contribution >= 0.6 is 0 Å². The Bertz CT molecular complexity index is 1110. The zero-order chi connectivity index (χ0) is 21.0. The number of benzene rings is 2. The summed E-state index contributed by atoms with van der Waals surface area (Å²) in [5.74, 6) is 0.423. The minimum atomic E-state index is -0.342. The molecule has 0 aliphatic carbocycles. The van der Waals surface area contributed by atoms with Crippen molar-refractivity contribution in [2.45, 2.75) is 20.3 Å². The van der Waals surface area contributed by atoms with Crippen LogP contribution in [0.25, 0.3) is 5.69 Å². The van der Waals surface area contributed by atoms with Crippen molar-refractivity contribution in [3.05, 3.63) is 70.1 Å². The summed E-state index contributed by atoms with van der Waals surface area (Å²) >= 11 is 0. The summed E-state index contributed by atoms with van der Waals surface area (Å²) in [6.45, 7) is 3.57. The number of ether oxygens (including phenoxy) is 2. The Morgan fingerprint density at radius 2 is 1.86 bits per heavy atom. The van der Waals surface area contributed by atoms with Gasteiger partial charge in [-0.15, -0.1) is 0 Å². The van der Waals surface area contributed by atoms with Crippen LogP contribution in [0, 0.1) is 6.92 Å². The van der Waals surface area contributed by atoms with Crippen molar-refractivity contribution in [3.8, 4) is 17.2 Å². The van der Waals surface area contributed by atoms with Crippen LogP contribution in [0.15, 0.2) is 58.3 Å². The second kappa shape index (κ2) is 8.60. The quantitative estimate of drug-likeness (QED) is 0.365. The van der Waals surface area contributed by atoms with Crippen molar-refractivity contribution in [2.75, 3.05) is 7.11 Å². The molecule has 2 aromatic carbocycles. The number of rotatable bonds is 6. The Labute approximate surface area is 168 Å². The monoisotopic (exact) mass is 393 g/mol. The number of hydrogen-bond donors (Lipinski definition) is 0. The minimum absolute atomic E-state index is 0.201. The summed E-state index contributed by atoms with van der Waals surface area (Å²) in [7, 11) is 3.32. The average Bonchev–Trinajstić information content (AvgIpc) is 2.95. The topological polar surface area (TPSA) is 74.8 Å². The molecule has 3 rings (SSSR count). The highest BCUT2D eigenvalue weighted by molar-refractivity contribution is 5.83. The average molecular weight is 393 g/mol. The standard InChI is InChI=1S/C22H23N3O4/c1-5-20(26)29-18-12-11-16(13-19(18)28-4)14-23-21-15(2)24(3)25(22(21)27)17-9-7-6-8-10-17/h6-14H,5H2,1-4H3. The maximum atomic E-state index is 12.9. The van der Waals surface area contributed by atoms with Gasteiger partial charge in [0.05, 0.1) is 18.5 Å². The van der Waals surface area contributed by atoms with Gasteiger partial charge in [-0.1, -0.05) is 25.1 Å². The van der Waals surface area contributed by atoms with Crippen molar-refractivity contribution in [3.63, 3.8) is 0 Å². The number of esters is 1. The first-order chi connectivity index (χ1) is 14.0. The SMILES string of the molecule is CCC(=O)Oc1ccc(C=Nc2c(C)n(C)n(-c3ccccc3)c2=O)cc1OC. The summed E-state index contributed by atoms with van der Waals surface area (Å²) < 4.78 is 13.9. The van der Waals surface area contributed by atoms with Crippen LogP contribution in [0.4, 0.5) is 5.69 Å². The molecule has 7 heteroatoms. The van der Waals surface area contributed by atoms with E-state index in [1.807, 2.05) is 44.3 Å². The molecule has 0 unspecified atom stereocenters. The van der Waals surface area contributed by atoms with Crippen molar-refractivity contribution < 1.29 is 14.3 Å².